The van der Waals surface area contributed by atoms with Crippen LogP contribution in [0.25, 0.3) is 0 Å². The number of amides is 2. The van der Waals surface area contributed by atoms with Gasteiger partial charge in [0, 0.05) is 24.4 Å². The van der Waals surface area contributed by atoms with E-state index in [1.165, 1.54) is 28.4 Å². The lowest BCUT2D eigenvalue weighted by molar-refractivity contribution is -0.125. The summed E-state index contributed by atoms with van der Waals surface area (Å²) in [6.45, 7) is 0.430. The second-order valence-electron chi connectivity index (χ2n) is 5.78. The van der Waals surface area contributed by atoms with Crippen molar-refractivity contribution in [1.82, 2.24) is 15.2 Å². The van der Waals surface area contributed by atoms with E-state index < -0.39 is 22.0 Å². The molecule has 0 spiro atoms. The maximum Gasteiger partial charge on any atom is 0.411 e. The lowest BCUT2D eigenvalue weighted by atomic mass is 10.2. The molecule has 1 N–H and O–H groups in total. The van der Waals surface area contributed by atoms with E-state index >= 15 is 0 Å². The second-order valence-corrected chi connectivity index (χ2v) is 8.78. The van der Waals surface area contributed by atoms with E-state index in [1.807, 2.05) is 0 Å². The average molecular weight is 395 g/mol. The van der Waals surface area contributed by atoms with Crippen molar-refractivity contribution in [2.75, 3.05) is 12.9 Å². The van der Waals surface area contributed by atoms with Gasteiger partial charge in [0.1, 0.15) is 17.7 Å². The number of hydrogen-bond donors (Lipinski definition) is 1. The Bertz CT molecular complexity index is 894. The summed E-state index contributed by atoms with van der Waals surface area (Å²) in [6.07, 6.45) is 2.23. The lowest BCUT2D eigenvalue weighted by Crippen LogP contribution is -2.45. The third-order valence-electron chi connectivity index (χ3n) is 3.89. The van der Waals surface area contributed by atoms with Crippen molar-refractivity contribution < 1.29 is 22.7 Å². The molecule has 0 radical (unpaired) electrons. The monoisotopic (exact) mass is 395 g/mol. The Morgan fingerprint density at radius 2 is 2.12 bits per heavy atom. The Hall–Kier alpha value is -2.46. The van der Waals surface area contributed by atoms with Crippen molar-refractivity contribution in [1.29, 1.82) is 0 Å². The van der Waals surface area contributed by atoms with Crippen molar-refractivity contribution in [3.8, 4) is 0 Å². The minimum atomic E-state index is -3.26. The lowest BCUT2D eigenvalue weighted by Gasteiger charge is -2.19. The molecule has 138 valence electrons. The first kappa shape index (κ1) is 18.3. The molecule has 3 rings (SSSR count). The molecule has 0 bridgehead atoms. The Morgan fingerprint density at radius 1 is 1.38 bits per heavy atom. The minimum absolute atomic E-state index is 0.0109. The van der Waals surface area contributed by atoms with Gasteiger partial charge in [0.25, 0.3) is 0 Å². The first-order chi connectivity index (χ1) is 12.3. The highest BCUT2D eigenvalue weighted by atomic mass is 32.2. The molecule has 1 aliphatic rings. The number of ether oxygens (including phenoxy) is 1. The van der Waals surface area contributed by atoms with Gasteiger partial charge in [-0.2, -0.15) is 0 Å². The molecule has 1 aliphatic heterocycles. The van der Waals surface area contributed by atoms with E-state index in [-0.39, 0.29) is 30.5 Å². The molecule has 1 fully saturated rings. The standard InChI is InChI=1S/C16H17N3O5S2/c1-26(22,23)12-4-2-11(3-5-12)8-18-15(20)13-10-24-16(21)19(13)9-14-17-6-7-25-14/h2-7,13H,8-10H2,1H3,(H,18,20)/t13-/m0/s1. The number of carbonyl (C=O) groups excluding carboxylic acids is 2. The van der Waals surface area contributed by atoms with Gasteiger partial charge in [0.05, 0.1) is 11.4 Å². The summed E-state index contributed by atoms with van der Waals surface area (Å²) in [5.74, 6) is -0.334. The first-order valence-corrected chi connectivity index (χ1v) is 10.5. The summed E-state index contributed by atoms with van der Waals surface area (Å²) in [6, 6.07) is 5.55. The van der Waals surface area contributed by atoms with E-state index in [9.17, 15) is 18.0 Å². The average Bonchev–Trinajstić information content (AvgIpc) is 3.23. The second kappa shape index (κ2) is 7.42. The number of cyclic esters (lactones) is 1. The largest absolute Gasteiger partial charge is 0.447 e. The normalized spacial score (nSPS) is 17.2. The molecule has 0 saturated carbocycles. The van der Waals surface area contributed by atoms with Crippen molar-refractivity contribution >= 4 is 33.2 Å². The number of rotatable bonds is 6. The van der Waals surface area contributed by atoms with E-state index in [2.05, 4.69) is 10.3 Å². The Balaban J connectivity index is 1.61. The van der Waals surface area contributed by atoms with Crippen LogP contribution in [0.4, 0.5) is 4.79 Å². The number of carbonyl (C=O) groups is 2. The SMILES string of the molecule is CS(=O)(=O)c1ccc(CNC(=O)[C@@H]2COC(=O)N2Cc2nccs2)cc1. The van der Waals surface area contributed by atoms with Gasteiger partial charge in [0.15, 0.2) is 9.84 Å². The molecule has 1 atom stereocenters. The Morgan fingerprint density at radius 3 is 2.73 bits per heavy atom. The predicted molar refractivity (Wildman–Crippen MR) is 94.2 cm³/mol. The van der Waals surface area contributed by atoms with Crippen molar-refractivity contribution in [2.45, 2.75) is 24.0 Å². The highest BCUT2D eigenvalue weighted by molar-refractivity contribution is 7.90. The summed E-state index contributed by atoms with van der Waals surface area (Å²) < 4.78 is 27.9. The van der Waals surface area contributed by atoms with Crippen LogP contribution in [0.1, 0.15) is 10.6 Å². The summed E-state index contributed by atoms with van der Waals surface area (Å²) in [5.41, 5.74) is 0.752. The van der Waals surface area contributed by atoms with Gasteiger partial charge in [-0.05, 0) is 17.7 Å². The zero-order chi connectivity index (χ0) is 18.7. The van der Waals surface area contributed by atoms with Crippen LogP contribution in [0, 0.1) is 0 Å². The van der Waals surface area contributed by atoms with E-state index in [0.717, 1.165) is 16.8 Å². The predicted octanol–water partition coefficient (Wildman–Crippen LogP) is 1.18. The van der Waals surface area contributed by atoms with Crippen LogP contribution in [0.2, 0.25) is 0 Å². The first-order valence-electron chi connectivity index (χ1n) is 7.73. The number of sulfone groups is 1. The number of thiazole rings is 1. The van der Waals surface area contributed by atoms with Crippen LogP contribution < -0.4 is 5.32 Å². The van der Waals surface area contributed by atoms with Gasteiger partial charge in [-0.3, -0.25) is 9.69 Å². The van der Waals surface area contributed by atoms with Crippen LogP contribution in [0.5, 0.6) is 0 Å². The highest BCUT2D eigenvalue weighted by Gasteiger charge is 2.38. The third-order valence-corrected chi connectivity index (χ3v) is 5.78. The molecule has 0 aliphatic carbocycles. The van der Waals surface area contributed by atoms with Crippen LogP contribution in [-0.4, -0.2) is 49.2 Å². The Kier molecular flexibility index (Phi) is 5.23. The van der Waals surface area contributed by atoms with Crippen molar-refractivity contribution in [3.63, 3.8) is 0 Å². The molecule has 1 saturated heterocycles. The number of benzene rings is 1. The summed E-state index contributed by atoms with van der Waals surface area (Å²) in [4.78, 5) is 30.0. The summed E-state index contributed by atoms with van der Waals surface area (Å²) in [7, 11) is -3.26. The fourth-order valence-corrected chi connectivity index (χ4v) is 3.73. The van der Waals surface area contributed by atoms with Gasteiger partial charge in [-0.1, -0.05) is 12.1 Å². The van der Waals surface area contributed by atoms with Crippen LogP contribution >= 0.6 is 11.3 Å². The molecular formula is C16H17N3O5S2. The molecule has 8 nitrogen and oxygen atoms in total. The zero-order valence-corrected chi connectivity index (χ0v) is 15.5. The molecule has 1 aromatic carbocycles. The maximum absolute atomic E-state index is 12.4. The van der Waals surface area contributed by atoms with Crippen LogP contribution in [0.3, 0.4) is 0 Å². The van der Waals surface area contributed by atoms with Gasteiger partial charge < -0.3 is 10.1 Å². The highest BCUT2D eigenvalue weighted by Crippen LogP contribution is 2.18. The fourth-order valence-electron chi connectivity index (χ4n) is 2.48. The van der Waals surface area contributed by atoms with Gasteiger partial charge >= 0.3 is 6.09 Å². The van der Waals surface area contributed by atoms with Crippen LogP contribution in [0.15, 0.2) is 40.7 Å². The molecule has 0 unspecified atom stereocenters. The van der Waals surface area contributed by atoms with Gasteiger partial charge in [-0.15, -0.1) is 11.3 Å². The van der Waals surface area contributed by atoms with Crippen molar-refractivity contribution in [3.05, 3.63) is 46.4 Å². The number of hydrogen-bond acceptors (Lipinski definition) is 7. The number of nitrogens with zero attached hydrogens (tertiary/aromatic N) is 2. The fraction of sp³-hybridized carbons (Fsp3) is 0.312. The molecule has 10 heteroatoms. The zero-order valence-electron chi connectivity index (χ0n) is 13.9. The number of nitrogens with one attached hydrogen (secondary N) is 1. The van der Waals surface area contributed by atoms with E-state index in [4.69, 9.17) is 4.74 Å². The summed E-state index contributed by atoms with van der Waals surface area (Å²) >= 11 is 1.40. The number of aromatic nitrogens is 1. The molecule has 2 amide bonds. The maximum atomic E-state index is 12.4. The van der Waals surface area contributed by atoms with Gasteiger partial charge in [-0.25, -0.2) is 18.2 Å². The molecule has 2 aromatic rings. The van der Waals surface area contributed by atoms with Crippen molar-refractivity contribution in [2.24, 2.45) is 0 Å². The molecule has 2 heterocycles. The third kappa shape index (κ3) is 4.20. The minimum Gasteiger partial charge on any atom is -0.447 e. The molecular weight excluding hydrogens is 378 g/mol. The Labute approximate surface area is 154 Å². The van der Waals surface area contributed by atoms with E-state index in [1.54, 1.807) is 23.7 Å². The molecule has 1 aromatic heterocycles. The smallest absolute Gasteiger partial charge is 0.411 e. The summed E-state index contributed by atoms with van der Waals surface area (Å²) in [5, 5.41) is 5.27. The van der Waals surface area contributed by atoms with E-state index in [0.29, 0.717) is 0 Å². The van der Waals surface area contributed by atoms with Crippen LogP contribution in [-0.2, 0) is 32.5 Å². The quantitative estimate of drug-likeness (QED) is 0.787. The topological polar surface area (TPSA) is 106 Å². The van der Waals surface area contributed by atoms with Gasteiger partial charge in [0.2, 0.25) is 5.91 Å². The molecule has 26 heavy (non-hydrogen) atoms.